The van der Waals surface area contributed by atoms with Gasteiger partial charge in [-0.2, -0.15) is 9.40 Å². The molecule has 0 fully saturated rings. The fourth-order valence-electron chi connectivity index (χ4n) is 3.98. The highest BCUT2D eigenvalue weighted by atomic mass is 35.5. The first kappa shape index (κ1) is 24.1. The minimum Gasteiger partial charge on any atom is -0.480 e. The Morgan fingerprint density at radius 2 is 2.00 bits per heavy atom. The third-order valence-electron chi connectivity index (χ3n) is 5.64. The zero-order valence-corrected chi connectivity index (χ0v) is 19.5. The van der Waals surface area contributed by atoms with E-state index in [1.54, 1.807) is 0 Å². The van der Waals surface area contributed by atoms with Crippen molar-refractivity contribution in [2.45, 2.75) is 36.7 Å². The maximum Gasteiger partial charge on any atom is 0.325 e. The Labute approximate surface area is 199 Å². The largest absolute Gasteiger partial charge is 0.480 e. The molecular formula is C22H20ClF2N3O5S. The number of hydrogen-bond donors (Lipinski definition) is 1. The van der Waals surface area contributed by atoms with Crippen LogP contribution in [0.4, 0.5) is 8.78 Å². The van der Waals surface area contributed by atoms with E-state index in [4.69, 9.17) is 21.4 Å². The Bertz CT molecular complexity index is 1350. The van der Waals surface area contributed by atoms with Gasteiger partial charge in [0.1, 0.15) is 23.0 Å². The summed E-state index contributed by atoms with van der Waals surface area (Å²) in [7, 11) is -2.88. The SMILES string of the molecule is CN(C1CCCc2c1cnn2CC(=O)O)S(=O)(=O)c1cc(F)c(Oc2ccc(F)cc2)cc1Cl. The van der Waals surface area contributed by atoms with Gasteiger partial charge in [0.25, 0.3) is 0 Å². The van der Waals surface area contributed by atoms with E-state index in [2.05, 4.69) is 5.10 Å². The predicted octanol–water partition coefficient (Wildman–Crippen LogP) is 4.39. The van der Waals surface area contributed by atoms with E-state index in [0.29, 0.717) is 30.5 Å². The van der Waals surface area contributed by atoms with Crippen molar-refractivity contribution in [2.24, 2.45) is 0 Å². The summed E-state index contributed by atoms with van der Waals surface area (Å²) < 4.78 is 62.4. The zero-order chi connectivity index (χ0) is 24.6. The molecular weight excluding hydrogens is 492 g/mol. The van der Waals surface area contributed by atoms with Crippen LogP contribution in [0.2, 0.25) is 5.02 Å². The van der Waals surface area contributed by atoms with Crippen LogP contribution in [-0.4, -0.2) is 40.6 Å². The normalized spacial score (nSPS) is 15.9. The molecule has 3 aromatic rings. The summed E-state index contributed by atoms with van der Waals surface area (Å²) in [4.78, 5) is 10.7. The maximum atomic E-state index is 14.8. The van der Waals surface area contributed by atoms with Crippen LogP contribution in [0, 0.1) is 11.6 Å². The summed E-state index contributed by atoms with van der Waals surface area (Å²) in [5, 5.41) is 12.9. The number of aliphatic carboxylic acids is 1. The van der Waals surface area contributed by atoms with E-state index in [9.17, 15) is 22.0 Å². The van der Waals surface area contributed by atoms with E-state index in [-0.39, 0.29) is 23.1 Å². The van der Waals surface area contributed by atoms with Crippen LogP contribution in [0.1, 0.15) is 30.1 Å². The van der Waals surface area contributed by atoms with Crippen LogP contribution in [-0.2, 0) is 27.8 Å². The third kappa shape index (κ3) is 4.63. The van der Waals surface area contributed by atoms with Crippen LogP contribution in [0.5, 0.6) is 11.5 Å². The fraction of sp³-hybridized carbons (Fsp3) is 0.273. The molecule has 0 aliphatic heterocycles. The third-order valence-corrected chi connectivity index (χ3v) is 7.97. The van der Waals surface area contributed by atoms with E-state index in [1.807, 2.05) is 0 Å². The van der Waals surface area contributed by atoms with Crippen molar-refractivity contribution in [3.63, 3.8) is 0 Å². The zero-order valence-electron chi connectivity index (χ0n) is 17.9. The average Bonchev–Trinajstić information content (AvgIpc) is 3.19. The topological polar surface area (TPSA) is 102 Å². The fourth-order valence-corrected chi connectivity index (χ4v) is 5.84. The first-order valence-corrected chi connectivity index (χ1v) is 12.1. The molecule has 1 unspecified atom stereocenters. The molecule has 0 saturated heterocycles. The van der Waals surface area contributed by atoms with Crippen molar-refractivity contribution >= 4 is 27.6 Å². The number of halogens is 3. The molecule has 1 aromatic heterocycles. The Morgan fingerprint density at radius 1 is 1.29 bits per heavy atom. The number of aromatic nitrogens is 2. The number of fused-ring (bicyclic) bond motifs is 1. The highest BCUT2D eigenvalue weighted by Gasteiger charge is 2.35. The molecule has 1 heterocycles. The van der Waals surface area contributed by atoms with Crippen molar-refractivity contribution in [2.75, 3.05) is 7.05 Å². The lowest BCUT2D eigenvalue weighted by Gasteiger charge is -2.31. The molecule has 0 amide bonds. The predicted molar refractivity (Wildman–Crippen MR) is 118 cm³/mol. The van der Waals surface area contributed by atoms with E-state index >= 15 is 0 Å². The summed E-state index contributed by atoms with van der Waals surface area (Å²) in [6, 6.07) is 6.09. The summed E-state index contributed by atoms with van der Waals surface area (Å²) in [6.07, 6.45) is 3.14. The van der Waals surface area contributed by atoms with Crippen molar-refractivity contribution in [3.8, 4) is 11.5 Å². The second kappa shape index (κ2) is 9.32. The van der Waals surface area contributed by atoms with Gasteiger partial charge < -0.3 is 9.84 Å². The first-order chi connectivity index (χ1) is 16.1. The van der Waals surface area contributed by atoms with E-state index < -0.39 is 38.6 Å². The molecule has 0 saturated carbocycles. The summed E-state index contributed by atoms with van der Waals surface area (Å²) in [5.74, 6) is -2.67. The van der Waals surface area contributed by atoms with Crippen LogP contribution < -0.4 is 4.74 Å². The van der Waals surface area contributed by atoms with Crippen molar-refractivity contribution in [3.05, 3.63) is 70.5 Å². The Kier molecular flexibility index (Phi) is 6.61. The summed E-state index contributed by atoms with van der Waals surface area (Å²) in [5.41, 5.74) is 1.26. The second-order valence-corrected chi connectivity index (χ2v) is 10.2. The van der Waals surface area contributed by atoms with Crippen LogP contribution in [0.3, 0.4) is 0 Å². The van der Waals surface area contributed by atoms with Crippen molar-refractivity contribution < 1.29 is 31.8 Å². The van der Waals surface area contributed by atoms with Gasteiger partial charge in [-0.05, 0) is 49.6 Å². The standard InChI is InChI=1S/C22H20ClF2N3O5S/c1-27(18-3-2-4-19-15(18)11-26-28(19)12-22(29)30)34(31,32)21-10-17(25)20(9-16(21)23)33-14-7-5-13(24)6-8-14/h5-11,18H,2-4,12H2,1H3,(H,29,30). The molecule has 180 valence electrons. The lowest BCUT2D eigenvalue weighted by atomic mass is 9.93. The Morgan fingerprint density at radius 3 is 2.68 bits per heavy atom. The lowest BCUT2D eigenvalue weighted by molar-refractivity contribution is -0.137. The van der Waals surface area contributed by atoms with E-state index in [0.717, 1.165) is 28.6 Å². The molecule has 1 aliphatic carbocycles. The molecule has 4 rings (SSSR count). The second-order valence-electron chi connectivity index (χ2n) is 7.80. The number of carboxylic acid groups (broad SMARTS) is 1. The smallest absolute Gasteiger partial charge is 0.325 e. The Hall–Kier alpha value is -3.02. The number of nitrogens with zero attached hydrogens (tertiary/aromatic N) is 3. The van der Waals surface area contributed by atoms with Gasteiger partial charge in [-0.1, -0.05) is 11.6 Å². The molecule has 34 heavy (non-hydrogen) atoms. The molecule has 8 nitrogen and oxygen atoms in total. The molecule has 1 N–H and O–H groups in total. The number of hydrogen-bond acceptors (Lipinski definition) is 5. The number of rotatable bonds is 7. The summed E-state index contributed by atoms with van der Waals surface area (Å²) >= 11 is 6.23. The van der Waals surface area contributed by atoms with Gasteiger partial charge in [-0.15, -0.1) is 0 Å². The van der Waals surface area contributed by atoms with Gasteiger partial charge in [-0.3, -0.25) is 9.48 Å². The summed E-state index contributed by atoms with van der Waals surface area (Å²) in [6.45, 7) is -0.328. The molecule has 1 aliphatic rings. The van der Waals surface area contributed by atoms with Gasteiger partial charge in [0.2, 0.25) is 10.0 Å². The van der Waals surface area contributed by atoms with Gasteiger partial charge in [-0.25, -0.2) is 17.2 Å². The van der Waals surface area contributed by atoms with Gasteiger partial charge >= 0.3 is 5.97 Å². The van der Waals surface area contributed by atoms with Crippen molar-refractivity contribution in [1.29, 1.82) is 0 Å². The van der Waals surface area contributed by atoms with Gasteiger partial charge in [0.05, 0.1) is 17.3 Å². The minimum absolute atomic E-state index is 0.150. The Balaban J connectivity index is 1.63. The van der Waals surface area contributed by atoms with Crippen molar-refractivity contribution in [1.82, 2.24) is 14.1 Å². The minimum atomic E-state index is -4.24. The van der Waals surface area contributed by atoms with Gasteiger partial charge in [0.15, 0.2) is 11.6 Å². The average molecular weight is 512 g/mol. The molecule has 0 spiro atoms. The number of carboxylic acids is 1. The quantitative estimate of drug-likeness (QED) is 0.505. The van der Waals surface area contributed by atoms with Gasteiger partial charge in [0, 0.05) is 24.4 Å². The number of sulfonamides is 1. The molecule has 12 heteroatoms. The molecule has 0 bridgehead atoms. The number of carbonyl (C=O) groups is 1. The highest BCUT2D eigenvalue weighted by Crippen LogP contribution is 2.39. The van der Waals surface area contributed by atoms with Crippen LogP contribution in [0.15, 0.2) is 47.5 Å². The first-order valence-electron chi connectivity index (χ1n) is 10.2. The highest BCUT2D eigenvalue weighted by molar-refractivity contribution is 7.89. The molecule has 1 atom stereocenters. The van der Waals surface area contributed by atoms with Crippen LogP contribution >= 0.6 is 11.6 Å². The molecule has 0 radical (unpaired) electrons. The van der Waals surface area contributed by atoms with E-state index in [1.165, 1.54) is 30.1 Å². The maximum absolute atomic E-state index is 14.8. The monoisotopic (exact) mass is 511 g/mol. The lowest BCUT2D eigenvalue weighted by Crippen LogP contribution is -2.33. The molecule has 2 aromatic carbocycles. The van der Waals surface area contributed by atoms with Crippen LogP contribution in [0.25, 0.3) is 0 Å². The number of benzene rings is 2. The number of ether oxygens (including phenoxy) is 1.